The molecule has 0 saturated heterocycles. The molecule has 1 heterocycles. The molecule has 10 heavy (non-hydrogen) atoms. The Bertz CT molecular complexity index is 281. The zero-order chi connectivity index (χ0) is 7.56. The zero-order valence-electron chi connectivity index (χ0n) is 5.12. The molecule has 1 aromatic heterocycles. The molecule has 0 unspecified atom stereocenters. The van der Waals surface area contributed by atoms with Crippen LogP contribution in [0.5, 0.6) is 0 Å². The smallest absolute Gasteiger partial charge is 0.282 e. The van der Waals surface area contributed by atoms with E-state index < -0.39 is 5.56 Å². The van der Waals surface area contributed by atoms with Crippen LogP contribution in [0, 0.1) is 0 Å². The summed E-state index contributed by atoms with van der Waals surface area (Å²) in [6.07, 6.45) is 1.29. The average Bonchev–Trinajstić information content (AvgIpc) is 1.95. The highest BCUT2D eigenvalue weighted by Gasteiger charge is 1.93. The lowest BCUT2D eigenvalue weighted by atomic mass is 10.3. The predicted molar refractivity (Wildman–Crippen MR) is 37.4 cm³/mol. The van der Waals surface area contributed by atoms with E-state index in [1.165, 1.54) is 12.3 Å². The lowest BCUT2D eigenvalue weighted by molar-refractivity contribution is 0.174. The number of aromatic nitrogens is 1. The van der Waals surface area contributed by atoms with Gasteiger partial charge in [0.1, 0.15) is 0 Å². The van der Waals surface area contributed by atoms with Gasteiger partial charge in [-0.05, 0) is 5.56 Å². The Morgan fingerprint density at radius 1 is 1.60 bits per heavy atom. The average molecular weight is 160 g/mol. The van der Waals surface area contributed by atoms with Gasteiger partial charge >= 0.3 is 0 Å². The summed E-state index contributed by atoms with van der Waals surface area (Å²) >= 11 is 5.42. The van der Waals surface area contributed by atoms with Crippen molar-refractivity contribution in [3.63, 3.8) is 0 Å². The van der Waals surface area contributed by atoms with Crippen LogP contribution in [0.15, 0.2) is 23.1 Å². The second-order valence-electron chi connectivity index (χ2n) is 1.85. The van der Waals surface area contributed by atoms with Gasteiger partial charge in [-0.3, -0.25) is 4.79 Å². The summed E-state index contributed by atoms with van der Waals surface area (Å²) in [7, 11) is 0. The summed E-state index contributed by atoms with van der Waals surface area (Å²) in [5, 5.41) is 8.78. The highest BCUT2D eigenvalue weighted by Crippen LogP contribution is 1.97. The van der Waals surface area contributed by atoms with Crippen molar-refractivity contribution in [1.29, 1.82) is 0 Å². The lowest BCUT2D eigenvalue weighted by Crippen LogP contribution is -2.15. The predicted octanol–water partition coefficient (Wildman–Crippen LogP) is 0.824. The number of nitrogens with zero attached hydrogens (tertiary/aromatic N) is 1. The summed E-state index contributed by atoms with van der Waals surface area (Å²) < 4.78 is 0.512. The molecule has 4 heteroatoms. The van der Waals surface area contributed by atoms with E-state index in [-0.39, 0.29) is 0 Å². The van der Waals surface area contributed by atoms with Gasteiger partial charge in [-0.15, -0.1) is 11.6 Å². The third-order valence-corrected chi connectivity index (χ3v) is 1.42. The van der Waals surface area contributed by atoms with E-state index in [4.69, 9.17) is 16.8 Å². The Balaban J connectivity index is 3.17. The SMILES string of the molecule is O=c1ccc(CCl)cn1O. The maximum atomic E-state index is 10.6. The third kappa shape index (κ3) is 1.30. The fraction of sp³-hybridized carbons (Fsp3) is 0.167. The van der Waals surface area contributed by atoms with E-state index in [0.29, 0.717) is 16.2 Å². The molecule has 0 saturated carbocycles. The molecule has 0 aliphatic rings. The van der Waals surface area contributed by atoms with Crippen molar-refractivity contribution in [2.24, 2.45) is 0 Å². The van der Waals surface area contributed by atoms with E-state index in [1.807, 2.05) is 0 Å². The second-order valence-corrected chi connectivity index (χ2v) is 2.12. The minimum Gasteiger partial charge on any atom is -0.425 e. The van der Waals surface area contributed by atoms with Crippen LogP contribution in [-0.4, -0.2) is 9.94 Å². The van der Waals surface area contributed by atoms with Crippen molar-refractivity contribution in [2.75, 3.05) is 0 Å². The summed E-state index contributed by atoms with van der Waals surface area (Å²) in [4.78, 5) is 10.6. The van der Waals surface area contributed by atoms with Gasteiger partial charge in [0.25, 0.3) is 5.56 Å². The number of rotatable bonds is 1. The molecule has 0 radical (unpaired) electrons. The lowest BCUT2D eigenvalue weighted by Gasteiger charge is -1.95. The summed E-state index contributed by atoms with van der Waals surface area (Å²) in [5.74, 6) is 0.293. The van der Waals surface area contributed by atoms with Crippen molar-refractivity contribution >= 4 is 11.6 Å². The maximum Gasteiger partial charge on any atom is 0.282 e. The van der Waals surface area contributed by atoms with Gasteiger partial charge in [-0.25, -0.2) is 0 Å². The van der Waals surface area contributed by atoms with Crippen LogP contribution in [0.1, 0.15) is 5.56 Å². The Kier molecular flexibility index (Phi) is 1.97. The zero-order valence-corrected chi connectivity index (χ0v) is 5.88. The van der Waals surface area contributed by atoms with Gasteiger partial charge in [-0.2, -0.15) is 4.73 Å². The molecule has 3 nitrogen and oxygen atoms in total. The molecule has 0 aliphatic heterocycles. The summed E-state index contributed by atoms with van der Waals surface area (Å²) in [6, 6.07) is 2.83. The number of halogens is 1. The summed E-state index contributed by atoms with van der Waals surface area (Å²) in [5.41, 5.74) is 0.262. The Hall–Kier alpha value is -0.960. The molecule has 1 N–H and O–H groups in total. The van der Waals surface area contributed by atoms with Crippen molar-refractivity contribution in [1.82, 2.24) is 4.73 Å². The van der Waals surface area contributed by atoms with Crippen molar-refractivity contribution in [3.05, 3.63) is 34.2 Å². The molecule has 1 rings (SSSR count). The first-order valence-corrected chi connectivity index (χ1v) is 3.24. The van der Waals surface area contributed by atoms with Gasteiger partial charge in [-0.1, -0.05) is 6.07 Å². The van der Waals surface area contributed by atoms with E-state index in [9.17, 15) is 4.79 Å². The van der Waals surface area contributed by atoms with Crippen LogP contribution in [0.25, 0.3) is 0 Å². The molecule has 0 aliphatic carbocycles. The Morgan fingerprint density at radius 3 is 2.80 bits per heavy atom. The Labute approximate surface area is 62.4 Å². The minimum atomic E-state index is -0.450. The van der Waals surface area contributed by atoms with Gasteiger partial charge in [0.15, 0.2) is 0 Å². The molecule has 0 fully saturated rings. The van der Waals surface area contributed by atoms with Crippen LogP contribution in [0.3, 0.4) is 0 Å². The minimum absolute atomic E-state index is 0.293. The maximum absolute atomic E-state index is 10.6. The van der Waals surface area contributed by atoms with Crippen molar-refractivity contribution in [3.8, 4) is 0 Å². The van der Waals surface area contributed by atoms with Gasteiger partial charge in [0, 0.05) is 11.9 Å². The molecule has 54 valence electrons. The molecule has 0 aromatic carbocycles. The molecule has 0 bridgehead atoms. The highest BCUT2D eigenvalue weighted by molar-refractivity contribution is 6.17. The molecule has 0 spiro atoms. The normalized spacial score (nSPS) is 9.70. The largest absolute Gasteiger partial charge is 0.425 e. The molecule has 0 amide bonds. The topological polar surface area (TPSA) is 42.2 Å². The van der Waals surface area contributed by atoms with Crippen LogP contribution >= 0.6 is 11.6 Å². The van der Waals surface area contributed by atoms with Crippen LogP contribution in [0.2, 0.25) is 0 Å². The molecule has 0 atom stereocenters. The number of hydrogen-bond donors (Lipinski definition) is 1. The van der Waals surface area contributed by atoms with Crippen LogP contribution in [-0.2, 0) is 5.88 Å². The second kappa shape index (κ2) is 2.75. The molecule has 1 aromatic rings. The van der Waals surface area contributed by atoms with E-state index in [2.05, 4.69) is 0 Å². The van der Waals surface area contributed by atoms with Crippen molar-refractivity contribution in [2.45, 2.75) is 5.88 Å². The van der Waals surface area contributed by atoms with E-state index >= 15 is 0 Å². The van der Waals surface area contributed by atoms with Crippen molar-refractivity contribution < 1.29 is 5.21 Å². The first kappa shape index (κ1) is 7.15. The van der Waals surface area contributed by atoms with Crippen LogP contribution in [0.4, 0.5) is 0 Å². The quantitative estimate of drug-likeness (QED) is 0.487. The van der Waals surface area contributed by atoms with E-state index in [0.717, 1.165) is 0 Å². The third-order valence-electron chi connectivity index (χ3n) is 1.11. The summed E-state index contributed by atoms with van der Waals surface area (Å²) in [6.45, 7) is 0. The number of alkyl halides is 1. The van der Waals surface area contributed by atoms with Gasteiger partial charge < -0.3 is 5.21 Å². The van der Waals surface area contributed by atoms with Gasteiger partial charge in [0.05, 0.1) is 6.20 Å². The first-order chi connectivity index (χ1) is 4.74. The highest BCUT2D eigenvalue weighted by atomic mass is 35.5. The Morgan fingerprint density at radius 2 is 2.30 bits per heavy atom. The molecular formula is C6H6ClNO2. The molecular weight excluding hydrogens is 154 g/mol. The fourth-order valence-corrected chi connectivity index (χ4v) is 0.756. The number of pyridine rings is 1. The number of hydrogen-bond acceptors (Lipinski definition) is 2. The van der Waals surface area contributed by atoms with Gasteiger partial charge in [0.2, 0.25) is 0 Å². The van der Waals surface area contributed by atoms with Crippen LogP contribution < -0.4 is 5.56 Å². The fourth-order valence-electron chi connectivity index (χ4n) is 0.597. The van der Waals surface area contributed by atoms with E-state index in [1.54, 1.807) is 6.07 Å². The first-order valence-electron chi connectivity index (χ1n) is 2.71. The monoisotopic (exact) mass is 159 g/mol. The standard InChI is InChI=1S/C6H6ClNO2/c7-3-5-1-2-6(9)8(10)4-5/h1-2,4,10H,3H2.